The van der Waals surface area contributed by atoms with Crippen molar-refractivity contribution >= 4 is 83.9 Å². The van der Waals surface area contributed by atoms with Gasteiger partial charge in [-0.25, -0.2) is 0 Å². The van der Waals surface area contributed by atoms with Crippen molar-refractivity contribution in [3.05, 3.63) is 9.14 Å². The molecule has 0 amide bonds. The van der Waals surface area contributed by atoms with Crippen molar-refractivity contribution in [2.75, 3.05) is 5.75 Å². The molecular formula is C6H9Cl6PS. The minimum absolute atomic E-state index is 0.0602. The maximum absolute atomic E-state index is 5.86. The van der Waals surface area contributed by atoms with Crippen LogP contribution in [0.5, 0.6) is 0 Å². The molecule has 0 aromatic rings. The van der Waals surface area contributed by atoms with Gasteiger partial charge in [0.25, 0.3) is 0 Å². The van der Waals surface area contributed by atoms with Gasteiger partial charge in [-0.1, -0.05) is 0 Å². The molecule has 0 heterocycles. The summed E-state index contributed by atoms with van der Waals surface area (Å²) < 4.78 is -3.78. The molecule has 0 bridgehead atoms. The zero-order valence-corrected chi connectivity index (χ0v) is 13.7. The molecule has 0 rings (SSSR count). The predicted octanol–water partition coefficient (Wildman–Crippen LogP) is 7.15. The van der Waals surface area contributed by atoms with E-state index in [4.69, 9.17) is 68.2 Å². The standard InChI is InChI=1S/C6H9Cl6PS/c1-4(2)3-14-6(8)5(7)13(9,10,11)12/h4H,3H2,1-2H3/b6-5+. The molecule has 0 aromatic heterocycles. The quantitative estimate of drug-likeness (QED) is 0.482. The van der Waals surface area contributed by atoms with Crippen LogP contribution in [0.15, 0.2) is 9.14 Å². The third-order valence-corrected chi connectivity index (χ3v) is 8.39. The van der Waals surface area contributed by atoms with Gasteiger partial charge in [0.2, 0.25) is 0 Å². The fourth-order valence-corrected chi connectivity index (χ4v) is 5.03. The summed E-state index contributed by atoms with van der Waals surface area (Å²) in [5.74, 6) is 1.27. The van der Waals surface area contributed by atoms with E-state index in [1.807, 2.05) is 13.8 Å². The van der Waals surface area contributed by atoms with Gasteiger partial charge < -0.3 is 0 Å². The van der Waals surface area contributed by atoms with Crippen LogP contribution in [0.3, 0.4) is 0 Å². The van der Waals surface area contributed by atoms with E-state index in [2.05, 4.69) is 0 Å². The summed E-state index contributed by atoms with van der Waals surface area (Å²) in [5.41, 5.74) is 0. The molecule has 0 N–H and O–H groups in total. The minimum atomic E-state index is -3.98. The number of rotatable bonds is 4. The molecule has 0 atom stereocenters. The number of halogens is 6. The van der Waals surface area contributed by atoms with E-state index in [9.17, 15) is 0 Å². The first-order valence-electron chi connectivity index (χ1n) is 3.58. The third-order valence-electron chi connectivity index (χ3n) is 1.00. The second-order valence-electron chi connectivity index (χ2n) is 2.99. The van der Waals surface area contributed by atoms with Crippen molar-refractivity contribution in [2.24, 2.45) is 5.92 Å². The summed E-state index contributed by atoms with van der Waals surface area (Å²) in [4.78, 5) is 0. The Morgan fingerprint density at radius 3 is 1.86 bits per heavy atom. The van der Waals surface area contributed by atoms with E-state index >= 15 is 0 Å². The first kappa shape index (κ1) is 16.3. The molecule has 0 aliphatic rings. The van der Waals surface area contributed by atoms with Crippen LogP contribution >= 0.6 is 83.9 Å². The number of hydrogen-bond donors (Lipinski definition) is 0. The Balaban J connectivity index is 4.62. The summed E-state index contributed by atoms with van der Waals surface area (Å²) in [5, 5.41) is 0. The maximum atomic E-state index is 5.86. The summed E-state index contributed by atoms with van der Waals surface area (Å²) in [6, 6.07) is 0. The molecule has 0 saturated heterocycles. The molecule has 0 aliphatic heterocycles. The SMILES string of the molecule is CC(C)CS/C(Cl)=C(\Cl)P(Cl)(Cl)(Cl)Cl. The summed E-state index contributed by atoms with van der Waals surface area (Å²) in [7, 11) is 0. The molecule has 14 heavy (non-hydrogen) atoms. The fraction of sp³-hybridized carbons (Fsp3) is 0.667. The van der Waals surface area contributed by atoms with Crippen molar-refractivity contribution in [1.29, 1.82) is 0 Å². The van der Waals surface area contributed by atoms with Gasteiger partial charge in [-0.15, -0.1) is 0 Å². The van der Waals surface area contributed by atoms with E-state index in [-0.39, 0.29) is 9.14 Å². The Bertz CT molecular complexity index is 233. The molecule has 0 aliphatic carbocycles. The summed E-state index contributed by atoms with van der Waals surface area (Å²) >= 11 is 35.7. The molecule has 0 aromatic carbocycles. The molecule has 0 spiro atoms. The number of hydrogen-bond acceptors (Lipinski definition) is 1. The molecule has 8 heteroatoms. The van der Waals surface area contributed by atoms with Gasteiger partial charge in [0.05, 0.1) is 0 Å². The molecule has 0 saturated carbocycles. The van der Waals surface area contributed by atoms with E-state index in [1.165, 1.54) is 11.8 Å². The Hall–Kier alpha value is 2.26. The van der Waals surface area contributed by atoms with E-state index in [0.29, 0.717) is 5.92 Å². The molecule has 0 unspecified atom stereocenters. The molecule has 0 radical (unpaired) electrons. The monoisotopic (exact) mass is 354 g/mol. The van der Waals surface area contributed by atoms with Crippen molar-refractivity contribution in [2.45, 2.75) is 13.8 Å². The molecule has 86 valence electrons. The summed E-state index contributed by atoms with van der Waals surface area (Å²) in [6.45, 7) is 4.10. The predicted molar refractivity (Wildman–Crippen MR) is 76.4 cm³/mol. The van der Waals surface area contributed by atoms with Gasteiger partial charge in [-0.3, -0.25) is 0 Å². The van der Waals surface area contributed by atoms with Crippen LogP contribution in [-0.2, 0) is 0 Å². The molecule has 0 fully saturated rings. The van der Waals surface area contributed by atoms with Crippen LogP contribution in [0.2, 0.25) is 0 Å². The van der Waals surface area contributed by atoms with Crippen molar-refractivity contribution in [1.82, 2.24) is 0 Å². The first-order valence-corrected chi connectivity index (χ1v) is 11.2. The van der Waals surface area contributed by atoms with Crippen LogP contribution in [0, 0.1) is 5.92 Å². The van der Waals surface area contributed by atoms with Crippen LogP contribution in [-0.4, -0.2) is 5.75 Å². The Morgan fingerprint density at radius 2 is 1.57 bits per heavy atom. The van der Waals surface area contributed by atoms with E-state index in [0.717, 1.165) is 5.75 Å². The average Bonchev–Trinajstić information content (AvgIpc) is 1.95. The average molecular weight is 357 g/mol. The number of thioether (sulfide) groups is 1. The van der Waals surface area contributed by atoms with Gasteiger partial charge in [-0.2, -0.15) is 0 Å². The van der Waals surface area contributed by atoms with Crippen LogP contribution in [0.1, 0.15) is 13.8 Å². The normalized spacial score (nSPS) is 17.6. The summed E-state index contributed by atoms with van der Waals surface area (Å²) in [6.07, 6.45) is 0. The van der Waals surface area contributed by atoms with Gasteiger partial charge >= 0.3 is 119 Å². The van der Waals surface area contributed by atoms with Gasteiger partial charge in [0, 0.05) is 0 Å². The van der Waals surface area contributed by atoms with Crippen LogP contribution in [0.4, 0.5) is 0 Å². The van der Waals surface area contributed by atoms with Crippen molar-refractivity contribution in [3.8, 4) is 0 Å². The Kier molecular flexibility index (Phi) is 6.66. The fourth-order valence-electron chi connectivity index (χ4n) is 0.432. The zero-order valence-electron chi connectivity index (χ0n) is 7.41. The Labute approximate surface area is 118 Å². The topological polar surface area (TPSA) is 0 Å². The van der Waals surface area contributed by atoms with Crippen molar-refractivity contribution in [3.63, 3.8) is 0 Å². The molecule has 0 nitrogen and oxygen atoms in total. The Morgan fingerprint density at radius 1 is 1.14 bits per heavy atom. The van der Waals surface area contributed by atoms with Gasteiger partial charge in [0.15, 0.2) is 0 Å². The van der Waals surface area contributed by atoms with Crippen LogP contribution in [0.25, 0.3) is 0 Å². The first-order chi connectivity index (χ1) is 6.01. The van der Waals surface area contributed by atoms with Gasteiger partial charge in [0.1, 0.15) is 0 Å². The molecular weight excluding hydrogens is 348 g/mol. The van der Waals surface area contributed by atoms with Crippen LogP contribution < -0.4 is 0 Å². The second-order valence-corrected chi connectivity index (χ2v) is 18.4. The second kappa shape index (κ2) is 5.74. The van der Waals surface area contributed by atoms with E-state index in [1.54, 1.807) is 0 Å². The van der Waals surface area contributed by atoms with E-state index < -0.39 is 4.01 Å². The zero-order chi connectivity index (χ0) is 11.6. The third kappa shape index (κ3) is 6.76. The van der Waals surface area contributed by atoms with Gasteiger partial charge in [-0.05, 0) is 0 Å². The van der Waals surface area contributed by atoms with Crippen molar-refractivity contribution < 1.29 is 0 Å².